The van der Waals surface area contributed by atoms with Crippen molar-refractivity contribution in [2.45, 2.75) is 31.7 Å². The molecule has 0 saturated carbocycles. The van der Waals surface area contributed by atoms with E-state index in [0.29, 0.717) is 23.1 Å². The Hall–Kier alpha value is -0.910. The minimum absolute atomic E-state index is 0.00945. The first-order valence-corrected chi connectivity index (χ1v) is 8.92. The molecule has 2 saturated heterocycles. The highest BCUT2D eigenvalue weighted by molar-refractivity contribution is 6.35. The summed E-state index contributed by atoms with van der Waals surface area (Å²) in [5.74, 6) is -2.72. The van der Waals surface area contributed by atoms with Crippen molar-refractivity contribution < 1.29 is 13.6 Å². The van der Waals surface area contributed by atoms with Crippen molar-refractivity contribution >= 4 is 29.1 Å². The number of carbonyl (C=O) groups is 1. The Balaban J connectivity index is 1.54. The molecule has 1 aromatic rings. The zero-order chi connectivity index (χ0) is 17.3. The lowest BCUT2D eigenvalue weighted by Gasteiger charge is -2.33. The van der Waals surface area contributed by atoms with Crippen LogP contribution in [-0.2, 0) is 11.3 Å². The molecule has 7 heteroatoms. The highest BCUT2D eigenvalue weighted by Gasteiger charge is 2.38. The number of halogens is 4. The second-order valence-electron chi connectivity index (χ2n) is 6.64. The number of amides is 1. The third kappa shape index (κ3) is 4.19. The average Bonchev–Trinajstić information content (AvgIpc) is 2.98. The molecule has 0 spiro atoms. The Morgan fingerprint density at radius 2 is 1.92 bits per heavy atom. The van der Waals surface area contributed by atoms with Gasteiger partial charge in [-0.1, -0.05) is 29.3 Å². The molecule has 2 aliphatic rings. The molecule has 0 radical (unpaired) electrons. The molecule has 0 bridgehead atoms. The first-order chi connectivity index (χ1) is 11.3. The Labute approximate surface area is 150 Å². The van der Waals surface area contributed by atoms with Crippen molar-refractivity contribution in [2.24, 2.45) is 5.92 Å². The summed E-state index contributed by atoms with van der Waals surface area (Å²) >= 11 is 12.1. The van der Waals surface area contributed by atoms with Gasteiger partial charge in [0.05, 0.1) is 5.92 Å². The van der Waals surface area contributed by atoms with Crippen LogP contribution in [0.25, 0.3) is 0 Å². The maximum atomic E-state index is 13.2. The molecule has 2 heterocycles. The molecule has 3 rings (SSSR count). The predicted octanol–water partition coefficient (Wildman–Crippen LogP) is 4.07. The number of alkyl halides is 2. The molecular formula is C17H20Cl2F2N2O. The number of carbonyl (C=O) groups excluding carboxylic acids is 1. The van der Waals surface area contributed by atoms with Crippen LogP contribution in [0.2, 0.25) is 10.0 Å². The number of hydrogen-bond acceptors (Lipinski definition) is 2. The van der Waals surface area contributed by atoms with E-state index in [4.69, 9.17) is 23.2 Å². The van der Waals surface area contributed by atoms with Gasteiger partial charge in [-0.25, -0.2) is 8.78 Å². The molecule has 1 unspecified atom stereocenters. The summed E-state index contributed by atoms with van der Waals surface area (Å²) in [7, 11) is 0. The molecule has 1 atom stereocenters. The van der Waals surface area contributed by atoms with Crippen molar-refractivity contribution in [3.8, 4) is 0 Å². The van der Waals surface area contributed by atoms with Gasteiger partial charge in [-0.2, -0.15) is 0 Å². The van der Waals surface area contributed by atoms with Crippen LogP contribution in [-0.4, -0.2) is 47.8 Å². The van der Waals surface area contributed by atoms with E-state index in [9.17, 15) is 13.6 Å². The van der Waals surface area contributed by atoms with Crippen LogP contribution in [0.5, 0.6) is 0 Å². The fourth-order valence-electron chi connectivity index (χ4n) is 3.38. The summed E-state index contributed by atoms with van der Waals surface area (Å²) in [6, 6.07) is 5.41. The van der Waals surface area contributed by atoms with E-state index in [1.54, 1.807) is 17.0 Å². The van der Waals surface area contributed by atoms with E-state index < -0.39 is 5.92 Å². The standard InChI is InChI=1S/C17H20Cl2F2N2O/c18-14-2-1-12(15(19)9-14)10-22-6-3-13(11-22)16(24)23-7-4-17(20,21)5-8-23/h1-2,9,13H,3-8,10-11H2. The number of benzene rings is 1. The number of rotatable bonds is 3. The van der Waals surface area contributed by atoms with Gasteiger partial charge in [-0.3, -0.25) is 9.69 Å². The van der Waals surface area contributed by atoms with E-state index in [1.165, 1.54) is 0 Å². The van der Waals surface area contributed by atoms with Crippen molar-refractivity contribution in [3.63, 3.8) is 0 Å². The van der Waals surface area contributed by atoms with Gasteiger partial charge in [0.1, 0.15) is 0 Å². The lowest BCUT2D eigenvalue weighted by molar-refractivity contribution is -0.141. The van der Waals surface area contributed by atoms with Gasteiger partial charge >= 0.3 is 0 Å². The van der Waals surface area contributed by atoms with Crippen LogP contribution in [0.15, 0.2) is 18.2 Å². The number of hydrogen-bond donors (Lipinski definition) is 0. The molecule has 0 aliphatic carbocycles. The van der Waals surface area contributed by atoms with Crippen molar-refractivity contribution in [1.82, 2.24) is 9.80 Å². The Bertz CT molecular complexity index is 617. The molecular weight excluding hydrogens is 357 g/mol. The van der Waals surface area contributed by atoms with E-state index in [1.807, 2.05) is 6.07 Å². The Morgan fingerprint density at radius 1 is 1.21 bits per heavy atom. The van der Waals surface area contributed by atoms with Crippen LogP contribution >= 0.6 is 23.2 Å². The summed E-state index contributed by atoms with van der Waals surface area (Å²) in [4.78, 5) is 16.3. The Morgan fingerprint density at radius 3 is 2.58 bits per heavy atom. The third-order valence-corrected chi connectivity index (χ3v) is 5.42. The highest BCUT2D eigenvalue weighted by atomic mass is 35.5. The number of nitrogens with zero attached hydrogens (tertiary/aromatic N) is 2. The first-order valence-electron chi connectivity index (χ1n) is 8.17. The summed E-state index contributed by atoms with van der Waals surface area (Å²) in [5.41, 5.74) is 0.979. The second-order valence-corrected chi connectivity index (χ2v) is 7.48. The molecule has 2 aliphatic heterocycles. The summed E-state index contributed by atoms with van der Waals surface area (Å²) in [5, 5.41) is 1.22. The minimum Gasteiger partial charge on any atom is -0.342 e. The average molecular weight is 377 g/mol. The molecule has 132 valence electrons. The van der Waals surface area contributed by atoms with E-state index >= 15 is 0 Å². The number of likely N-dealkylation sites (tertiary alicyclic amines) is 2. The lowest BCUT2D eigenvalue weighted by atomic mass is 10.0. The minimum atomic E-state index is -2.62. The molecule has 1 aromatic carbocycles. The van der Waals surface area contributed by atoms with Gasteiger partial charge in [-0.15, -0.1) is 0 Å². The van der Waals surface area contributed by atoms with Crippen LogP contribution in [0.3, 0.4) is 0 Å². The fraction of sp³-hybridized carbons (Fsp3) is 0.588. The van der Waals surface area contributed by atoms with Gasteiger partial charge in [0, 0.05) is 49.1 Å². The van der Waals surface area contributed by atoms with Gasteiger partial charge in [-0.05, 0) is 30.7 Å². The van der Waals surface area contributed by atoms with Crippen molar-refractivity contribution in [1.29, 1.82) is 0 Å². The fourth-order valence-corrected chi connectivity index (χ4v) is 3.85. The van der Waals surface area contributed by atoms with Crippen LogP contribution in [0.1, 0.15) is 24.8 Å². The van der Waals surface area contributed by atoms with Crippen LogP contribution in [0.4, 0.5) is 8.78 Å². The largest absolute Gasteiger partial charge is 0.342 e. The van der Waals surface area contributed by atoms with Crippen molar-refractivity contribution in [3.05, 3.63) is 33.8 Å². The van der Waals surface area contributed by atoms with E-state index in [0.717, 1.165) is 18.5 Å². The predicted molar refractivity (Wildman–Crippen MR) is 90.6 cm³/mol. The van der Waals surface area contributed by atoms with Crippen LogP contribution < -0.4 is 0 Å². The van der Waals surface area contributed by atoms with Crippen molar-refractivity contribution in [2.75, 3.05) is 26.2 Å². The van der Waals surface area contributed by atoms with Gasteiger partial charge in [0.15, 0.2) is 0 Å². The van der Waals surface area contributed by atoms with Crippen LogP contribution in [0, 0.1) is 5.92 Å². The quantitative estimate of drug-likeness (QED) is 0.793. The molecule has 3 nitrogen and oxygen atoms in total. The zero-order valence-corrected chi connectivity index (χ0v) is 14.8. The maximum Gasteiger partial charge on any atom is 0.251 e. The highest BCUT2D eigenvalue weighted by Crippen LogP contribution is 2.30. The SMILES string of the molecule is O=C(C1CCN(Cc2ccc(Cl)cc2Cl)C1)N1CCC(F)(F)CC1. The monoisotopic (exact) mass is 376 g/mol. The summed E-state index contributed by atoms with van der Waals surface area (Å²) < 4.78 is 26.4. The number of piperidine rings is 1. The topological polar surface area (TPSA) is 23.6 Å². The molecule has 2 fully saturated rings. The summed E-state index contributed by atoms with van der Waals surface area (Å²) in [6.07, 6.45) is 0.308. The van der Waals surface area contributed by atoms with Gasteiger partial charge < -0.3 is 4.90 Å². The zero-order valence-electron chi connectivity index (χ0n) is 13.3. The lowest BCUT2D eigenvalue weighted by Crippen LogP contribution is -2.45. The van der Waals surface area contributed by atoms with Gasteiger partial charge in [0.25, 0.3) is 5.92 Å². The Kier molecular flexibility index (Phi) is 5.33. The third-order valence-electron chi connectivity index (χ3n) is 4.84. The maximum absolute atomic E-state index is 13.2. The van der Waals surface area contributed by atoms with E-state index in [2.05, 4.69) is 4.90 Å². The smallest absolute Gasteiger partial charge is 0.251 e. The molecule has 1 amide bonds. The second kappa shape index (κ2) is 7.14. The van der Waals surface area contributed by atoms with Gasteiger partial charge in [0.2, 0.25) is 5.91 Å². The normalized spacial score (nSPS) is 24.3. The first kappa shape index (κ1) is 17.9. The molecule has 0 aromatic heterocycles. The molecule has 0 N–H and O–H groups in total. The summed E-state index contributed by atoms with van der Waals surface area (Å²) in [6.45, 7) is 2.43. The van der Waals surface area contributed by atoms with E-state index in [-0.39, 0.29) is 37.8 Å². The molecule has 24 heavy (non-hydrogen) atoms.